The van der Waals surface area contributed by atoms with Gasteiger partial charge in [0.2, 0.25) is 5.43 Å². The minimum absolute atomic E-state index is 0.00101. The summed E-state index contributed by atoms with van der Waals surface area (Å²) in [5.74, 6) is -1.83. The van der Waals surface area contributed by atoms with Gasteiger partial charge in [-0.25, -0.2) is 14.0 Å². The van der Waals surface area contributed by atoms with Crippen molar-refractivity contribution in [2.24, 2.45) is 5.92 Å². The van der Waals surface area contributed by atoms with Gasteiger partial charge < -0.3 is 29.4 Å². The highest BCUT2D eigenvalue weighted by Gasteiger charge is 2.37. The summed E-state index contributed by atoms with van der Waals surface area (Å²) in [7, 11) is 0. The van der Waals surface area contributed by atoms with Gasteiger partial charge in [0.15, 0.2) is 11.6 Å². The van der Waals surface area contributed by atoms with E-state index in [1.165, 1.54) is 6.20 Å². The molecular weight excluding hydrogens is 433 g/mol. The highest BCUT2D eigenvalue weighted by Crippen LogP contribution is 2.43. The van der Waals surface area contributed by atoms with E-state index in [-0.39, 0.29) is 41.4 Å². The summed E-state index contributed by atoms with van der Waals surface area (Å²) < 4.78 is 28.3. The Bertz CT molecular complexity index is 1200. The van der Waals surface area contributed by atoms with Gasteiger partial charge >= 0.3 is 12.1 Å². The van der Waals surface area contributed by atoms with E-state index in [9.17, 15) is 19.5 Å². The molecule has 4 rings (SSSR count). The molecule has 1 aromatic carbocycles. The molecule has 0 radical (unpaired) electrons. The number of alkyl carbamates (subject to hydrolysis) is 1. The van der Waals surface area contributed by atoms with Crippen molar-refractivity contribution in [3.8, 4) is 5.75 Å². The Balaban J connectivity index is 1.75. The Labute approximate surface area is 190 Å². The van der Waals surface area contributed by atoms with Crippen LogP contribution >= 0.6 is 0 Å². The van der Waals surface area contributed by atoms with Gasteiger partial charge in [0.25, 0.3) is 0 Å². The summed E-state index contributed by atoms with van der Waals surface area (Å²) in [6.45, 7) is 10.1. The SMILES string of the molecule is CC1CN(c2c(F)cc3c(=O)c(C(=O)O)cn4c3c2OC[C@@H]4C)CC1NC(=O)OC(C)(C)C. The van der Waals surface area contributed by atoms with Crippen molar-refractivity contribution in [3.63, 3.8) is 0 Å². The maximum Gasteiger partial charge on any atom is 0.407 e. The number of carbonyl (C=O) groups is 2. The average Bonchev–Trinajstić information content (AvgIpc) is 3.03. The van der Waals surface area contributed by atoms with Crippen molar-refractivity contribution < 1.29 is 28.6 Å². The van der Waals surface area contributed by atoms with Gasteiger partial charge in [-0.2, -0.15) is 0 Å². The Morgan fingerprint density at radius 2 is 1.97 bits per heavy atom. The summed E-state index contributed by atoms with van der Waals surface area (Å²) in [6.07, 6.45) is 0.756. The van der Waals surface area contributed by atoms with Crippen LogP contribution in [0.25, 0.3) is 10.9 Å². The number of pyridine rings is 1. The number of benzene rings is 1. The minimum Gasteiger partial charge on any atom is -0.487 e. The van der Waals surface area contributed by atoms with Crippen molar-refractivity contribution in [1.82, 2.24) is 9.88 Å². The van der Waals surface area contributed by atoms with Crippen LogP contribution in [0.4, 0.5) is 14.9 Å². The molecule has 178 valence electrons. The van der Waals surface area contributed by atoms with Crippen LogP contribution in [0, 0.1) is 11.7 Å². The van der Waals surface area contributed by atoms with Crippen molar-refractivity contribution >= 4 is 28.7 Å². The number of aromatic nitrogens is 1. The quantitative estimate of drug-likeness (QED) is 0.723. The lowest BCUT2D eigenvalue weighted by Crippen LogP contribution is -2.42. The minimum atomic E-state index is -1.36. The molecule has 0 spiro atoms. The largest absolute Gasteiger partial charge is 0.487 e. The van der Waals surface area contributed by atoms with Gasteiger partial charge in [-0.3, -0.25) is 4.79 Å². The van der Waals surface area contributed by atoms with Crippen LogP contribution in [0.3, 0.4) is 0 Å². The van der Waals surface area contributed by atoms with Crippen LogP contribution in [-0.2, 0) is 4.74 Å². The van der Waals surface area contributed by atoms with E-state index >= 15 is 4.39 Å². The Morgan fingerprint density at radius 3 is 2.61 bits per heavy atom. The van der Waals surface area contributed by atoms with Gasteiger partial charge in [-0.05, 0) is 39.7 Å². The first-order valence-electron chi connectivity index (χ1n) is 10.9. The molecule has 3 atom stereocenters. The van der Waals surface area contributed by atoms with Gasteiger partial charge in [0.05, 0.1) is 23.0 Å². The van der Waals surface area contributed by atoms with Crippen LogP contribution < -0.4 is 20.4 Å². The van der Waals surface area contributed by atoms with Gasteiger partial charge in [-0.15, -0.1) is 0 Å². The molecule has 0 bridgehead atoms. The number of carboxylic acids is 1. The van der Waals surface area contributed by atoms with Crippen molar-refractivity contribution in [2.45, 2.75) is 52.3 Å². The summed E-state index contributed by atoms with van der Waals surface area (Å²) in [6, 6.07) is 0.567. The lowest BCUT2D eigenvalue weighted by Gasteiger charge is -2.31. The first kappa shape index (κ1) is 22.9. The van der Waals surface area contributed by atoms with Crippen LogP contribution in [-0.4, -0.2) is 53.1 Å². The molecule has 2 aliphatic rings. The Morgan fingerprint density at radius 1 is 1.27 bits per heavy atom. The number of nitrogens with one attached hydrogen (secondary N) is 1. The zero-order chi connectivity index (χ0) is 24.2. The third-order valence-corrected chi connectivity index (χ3v) is 6.00. The molecular formula is C23H28FN3O6. The molecule has 3 heterocycles. The number of rotatable bonds is 3. The molecule has 0 aliphatic carbocycles. The number of hydrogen-bond donors (Lipinski definition) is 2. The number of hydrogen-bond acceptors (Lipinski definition) is 6. The number of amides is 1. The van der Waals surface area contributed by atoms with Crippen molar-refractivity contribution in [1.29, 1.82) is 0 Å². The van der Waals surface area contributed by atoms with Crippen LogP contribution in [0.2, 0.25) is 0 Å². The van der Waals surface area contributed by atoms with Gasteiger partial charge in [0, 0.05) is 19.3 Å². The third kappa shape index (κ3) is 4.09. The number of carbonyl (C=O) groups excluding carboxylic acids is 1. The highest BCUT2D eigenvalue weighted by molar-refractivity contribution is 5.97. The first-order chi connectivity index (χ1) is 15.4. The molecule has 10 heteroatoms. The lowest BCUT2D eigenvalue weighted by molar-refractivity contribution is 0.0499. The van der Waals surface area contributed by atoms with E-state index in [4.69, 9.17) is 9.47 Å². The molecule has 2 unspecified atom stereocenters. The molecule has 1 saturated heterocycles. The zero-order valence-corrected chi connectivity index (χ0v) is 19.3. The fraction of sp³-hybridized carbons (Fsp3) is 0.522. The highest BCUT2D eigenvalue weighted by atomic mass is 19.1. The van der Waals surface area contributed by atoms with E-state index in [2.05, 4.69) is 5.32 Å². The second kappa shape index (κ2) is 7.93. The maximum absolute atomic E-state index is 15.4. The number of aromatic carboxylic acids is 1. The third-order valence-electron chi connectivity index (χ3n) is 6.00. The van der Waals surface area contributed by atoms with Gasteiger partial charge in [-0.1, -0.05) is 6.92 Å². The number of halogens is 1. The van der Waals surface area contributed by atoms with E-state index in [1.807, 2.05) is 13.8 Å². The fourth-order valence-electron chi connectivity index (χ4n) is 4.45. The van der Waals surface area contributed by atoms with Crippen molar-refractivity contribution in [3.05, 3.63) is 33.9 Å². The van der Waals surface area contributed by atoms with E-state index in [1.54, 1.807) is 30.2 Å². The molecule has 2 N–H and O–H groups in total. The monoisotopic (exact) mass is 461 g/mol. The van der Waals surface area contributed by atoms with Crippen LogP contribution in [0.5, 0.6) is 5.75 Å². The molecule has 9 nitrogen and oxygen atoms in total. The van der Waals surface area contributed by atoms with Gasteiger partial charge in [0.1, 0.15) is 23.5 Å². The number of nitrogens with zero attached hydrogens (tertiary/aromatic N) is 2. The number of ether oxygens (including phenoxy) is 2. The second-order valence-electron chi connectivity index (χ2n) is 9.81. The predicted molar refractivity (Wildman–Crippen MR) is 120 cm³/mol. The normalized spacial score (nSPS) is 22.2. The second-order valence-corrected chi connectivity index (χ2v) is 9.81. The average molecular weight is 461 g/mol. The molecule has 2 aliphatic heterocycles. The lowest BCUT2D eigenvalue weighted by atomic mass is 10.1. The van der Waals surface area contributed by atoms with Crippen molar-refractivity contribution in [2.75, 3.05) is 24.6 Å². The Hall–Kier alpha value is -3.30. The van der Waals surface area contributed by atoms with E-state index in [0.29, 0.717) is 18.6 Å². The van der Waals surface area contributed by atoms with Crippen LogP contribution in [0.1, 0.15) is 51.0 Å². The maximum atomic E-state index is 15.4. The summed E-state index contributed by atoms with van der Waals surface area (Å²) in [4.78, 5) is 38.3. The number of anilines is 1. The van der Waals surface area contributed by atoms with E-state index < -0.39 is 34.5 Å². The zero-order valence-electron chi connectivity index (χ0n) is 19.3. The number of carboxylic acid groups (broad SMARTS) is 1. The molecule has 33 heavy (non-hydrogen) atoms. The van der Waals surface area contributed by atoms with Crippen LogP contribution in [0.15, 0.2) is 17.1 Å². The topological polar surface area (TPSA) is 110 Å². The summed E-state index contributed by atoms with van der Waals surface area (Å²) >= 11 is 0. The fourth-order valence-corrected chi connectivity index (χ4v) is 4.45. The smallest absolute Gasteiger partial charge is 0.407 e. The standard InChI is InChI=1S/C23H28FN3O6/c1-11-7-26(9-16(11)25-22(31)33-23(3,4)5)18-15(24)6-13-17-20(18)32-10-12(2)27(17)8-14(19(13)28)21(29)30/h6,8,11-12,16H,7,9-10H2,1-5H3,(H,25,31)(H,29,30)/t11?,12-,16?/m0/s1. The summed E-state index contributed by atoms with van der Waals surface area (Å²) in [5.41, 5.74) is -1.23. The van der Waals surface area contributed by atoms with E-state index in [0.717, 1.165) is 6.07 Å². The predicted octanol–water partition coefficient (Wildman–Crippen LogP) is 3.14. The Kier molecular flexibility index (Phi) is 5.50. The molecule has 1 fully saturated rings. The first-order valence-corrected chi connectivity index (χ1v) is 10.9. The molecule has 1 aromatic heterocycles. The molecule has 0 saturated carbocycles. The molecule has 2 aromatic rings. The molecule has 1 amide bonds. The summed E-state index contributed by atoms with van der Waals surface area (Å²) in [5, 5.41) is 12.2.